The van der Waals surface area contributed by atoms with Crippen LogP contribution in [0.1, 0.15) is 20.1 Å². The summed E-state index contributed by atoms with van der Waals surface area (Å²) in [7, 11) is 0. The summed E-state index contributed by atoms with van der Waals surface area (Å²) >= 11 is 0. The Balaban J connectivity index is 1.47. The van der Waals surface area contributed by atoms with Crippen molar-refractivity contribution in [2.24, 2.45) is 11.7 Å². The highest BCUT2D eigenvalue weighted by molar-refractivity contribution is 5.75. The molecular weight excluding hydrogens is 407 g/mol. The zero-order valence-electron chi connectivity index (χ0n) is 17.1. The van der Waals surface area contributed by atoms with Gasteiger partial charge >= 0.3 is 11.7 Å². The van der Waals surface area contributed by atoms with Crippen molar-refractivity contribution in [2.75, 3.05) is 13.2 Å². The number of fused-ring (bicyclic) bond motifs is 1. The molecule has 0 amide bonds. The molecule has 10 heteroatoms. The second kappa shape index (κ2) is 8.58. The van der Waals surface area contributed by atoms with E-state index in [1.807, 2.05) is 13.8 Å². The maximum atomic E-state index is 13.2. The second-order valence-corrected chi connectivity index (χ2v) is 7.62. The van der Waals surface area contributed by atoms with Crippen molar-refractivity contribution in [1.29, 1.82) is 0 Å². The van der Waals surface area contributed by atoms with Crippen LogP contribution in [0.25, 0.3) is 16.9 Å². The van der Waals surface area contributed by atoms with E-state index in [2.05, 4.69) is 4.98 Å². The smallest absolute Gasteiger partial charge is 0.336 e. The number of nitrogens with two attached hydrogens (primary N) is 1. The van der Waals surface area contributed by atoms with Crippen LogP contribution in [-0.2, 0) is 19.0 Å². The van der Waals surface area contributed by atoms with Gasteiger partial charge < -0.3 is 19.9 Å². The van der Waals surface area contributed by atoms with Gasteiger partial charge in [-0.1, -0.05) is 13.8 Å². The van der Waals surface area contributed by atoms with E-state index < -0.39 is 24.5 Å². The van der Waals surface area contributed by atoms with Crippen LogP contribution >= 0.6 is 0 Å². The minimum absolute atomic E-state index is 0.0500. The minimum atomic E-state index is -0.798. The first-order valence-corrected chi connectivity index (χ1v) is 9.89. The summed E-state index contributed by atoms with van der Waals surface area (Å²) in [6.45, 7) is 3.64. The molecule has 9 nitrogen and oxygen atoms in total. The van der Waals surface area contributed by atoms with Gasteiger partial charge in [-0.3, -0.25) is 13.8 Å². The average Bonchev–Trinajstić information content (AvgIpc) is 3.40. The number of carbonyl (C=O) groups is 1. The third kappa shape index (κ3) is 4.36. The van der Waals surface area contributed by atoms with Crippen LogP contribution in [-0.4, -0.2) is 45.5 Å². The Kier molecular flexibility index (Phi) is 5.86. The lowest BCUT2D eigenvalue weighted by atomic mass is 10.1. The Morgan fingerprint density at radius 1 is 1.32 bits per heavy atom. The number of ether oxygens (including phenoxy) is 3. The summed E-state index contributed by atoms with van der Waals surface area (Å²) < 4.78 is 32.3. The topological polar surface area (TPSA) is 110 Å². The number of aromatic nitrogens is 3. The van der Waals surface area contributed by atoms with E-state index >= 15 is 0 Å². The minimum Gasteiger partial charge on any atom is -0.459 e. The summed E-state index contributed by atoms with van der Waals surface area (Å²) in [6.07, 6.45) is 1.67. The van der Waals surface area contributed by atoms with E-state index in [0.717, 1.165) is 0 Å². The van der Waals surface area contributed by atoms with E-state index in [1.165, 1.54) is 21.1 Å². The van der Waals surface area contributed by atoms with Gasteiger partial charge in [0.15, 0.2) is 12.5 Å². The summed E-state index contributed by atoms with van der Waals surface area (Å²) in [5.74, 6) is -0.929. The Bertz CT molecular complexity index is 1140. The van der Waals surface area contributed by atoms with Crippen molar-refractivity contribution < 1.29 is 23.4 Å². The average molecular weight is 430 g/mol. The molecule has 1 fully saturated rings. The molecule has 2 aromatic heterocycles. The highest BCUT2D eigenvalue weighted by atomic mass is 19.1. The van der Waals surface area contributed by atoms with Crippen LogP contribution in [0.2, 0.25) is 0 Å². The molecule has 31 heavy (non-hydrogen) atoms. The van der Waals surface area contributed by atoms with Crippen molar-refractivity contribution in [3.63, 3.8) is 0 Å². The van der Waals surface area contributed by atoms with Gasteiger partial charge in [0, 0.05) is 18.0 Å². The maximum absolute atomic E-state index is 13.2. The molecule has 0 aliphatic carbocycles. The molecule has 2 N–H and O–H groups in total. The van der Waals surface area contributed by atoms with Gasteiger partial charge in [0.25, 0.3) is 0 Å². The van der Waals surface area contributed by atoms with Crippen molar-refractivity contribution in [1.82, 2.24) is 14.0 Å². The molecule has 3 heterocycles. The number of imidazole rings is 1. The van der Waals surface area contributed by atoms with Gasteiger partial charge in [0.05, 0.1) is 12.3 Å². The molecule has 1 aliphatic heterocycles. The Morgan fingerprint density at radius 3 is 2.77 bits per heavy atom. The van der Waals surface area contributed by atoms with Crippen LogP contribution < -0.4 is 11.4 Å². The van der Waals surface area contributed by atoms with Gasteiger partial charge in [-0.2, -0.15) is 0 Å². The van der Waals surface area contributed by atoms with Crippen LogP contribution in [0, 0.1) is 11.7 Å². The first-order valence-electron chi connectivity index (χ1n) is 9.89. The molecule has 1 saturated heterocycles. The van der Waals surface area contributed by atoms with Crippen LogP contribution in [0.15, 0.2) is 47.5 Å². The zero-order chi connectivity index (χ0) is 22.1. The Labute approximate surface area is 177 Å². The molecule has 4 rings (SSSR count). The monoisotopic (exact) mass is 430 g/mol. The van der Waals surface area contributed by atoms with Gasteiger partial charge in [0.1, 0.15) is 24.1 Å². The number of nitrogens with zero attached hydrogens (tertiary/aromatic N) is 3. The standard InChI is InChI=1S/C21H23FN4O5/c1-12(2)19(23)20(27)30-11-18-29-10-17(31-18)25-8-7-16-24-15(9-26(16)21(25)28)13-3-5-14(22)6-4-13/h3-9,12,17-19H,10-11,23H2,1-2H3/t17-,18?,19+/m1/s1. The molecule has 164 valence electrons. The van der Waals surface area contributed by atoms with Gasteiger partial charge in [0.2, 0.25) is 0 Å². The number of rotatable bonds is 6. The Morgan fingerprint density at radius 2 is 2.06 bits per heavy atom. The summed E-state index contributed by atoms with van der Waals surface area (Å²) in [5.41, 5.74) is 7.08. The first-order chi connectivity index (χ1) is 14.8. The number of benzene rings is 1. The largest absolute Gasteiger partial charge is 0.459 e. The van der Waals surface area contributed by atoms with Crippen molar-refractivity contribution in [3.8, 4) is 11.3 Å². The quantitative estimate of drug-likeness (QED) is 0.593. The maximum Gasteiger partial charge on any atom is 0.336 e. The molecule has 0 radical (unpaired) electrons. The molecule has 1 aromatic carbocycles. The van der Waals surface area contributed by atoms with E-state index in [-0.39, 0.29) is 30.6 Å². The summed E-state index contributed by atoms with van der Waals surface area (Å²) in [4.78, 5) is 29.2. The molecule has 0 bridgehead atoms. The van der Waals surface area contributed by atoms with E-state index in [9.17, 15) is 14.0 Å². The third-order valence-electron chi connectivity index (χ3n) is 5.08. The molecule has 0 spiro atoms. The molecular formula is C21H23FN4O5. The molecule has 1 aliphatic rings. The van der Waals surface area contributed by atoms with Crippen LogP contribution in [0.3, 0.4) is 0 Å². The highest BCUT2D eigenvalue weighted by Gasteiger charge is 2.30. The Hall–Kier alpha value is -3.08. The summed E-state index contributed by atoms with van der Waals surface area (Å²) in [6, 6.07) is 6.82. The SMILES string of the molecule is CC(C)[C@H](N)C(=O)OCC1OC[C@H](n2ccc3nc(-c4ccc(F)cc4)cn3c2=O)O1. The fourth-order valence-electron chi connectivity index (χ4n) is 3.17. The normalized spacial score (nSPS) is 19.8. The van der Waals surface area contributed by atoms with Crippen molar-refractivity contribution in [3.05, 3.63) is 59.0 Å². The van der Waals surface area contributed by atoms with Gasteiger partial charge in [-0.15, -0.1) is 0 Å². The van der Waals surface area contributed by atoms with Gasteiger partial charge in [-0.05, 0) is 36.2 Å². The number of hydrogen-bond donors (Lipinski definition) is 1. The summed E-state index contributed by atoms with van der Waals surface area (Å²) in [5, 5.41) is 0. The van der Waals surface area contributed by atoms with Crippen molar-refractivity contribution >= 4 is 11.6 Å². The number of halogens is 1. The second-order valence-electron chi connectivity index (χ2n) is 7.62. The van der Waals surface area contributed by atoms with Crippen LogP contribution in [0.4, 0.5) is 4.39 Å². The predicted molar refractivity (Wildman–Crippen MR) is 108 cm³/mol. The fourth-order valence-corrected chi connectivity index (χ4v) is 3.17. The molecule has 1 unspecified atom stereocenters. The third-order valence-corrected chi connectivity index (χ3v) is 5.08. The number of hydrogen-bond acceptors (Lipinski definition) is 7. The highest BCUT2D eigenvalue weighted by Crippen LogP contribution is 2.22. The van der Waals surface area contributed by atoms with E-state index in [4.69, 9.17) is 19.9 Å². The fraction of sp³-hybridized carbons (Fsp3) is 0.381. The lowest BCUT2D eigenvalue weighted by Gasteiger charge is -2.17. The van der Waals surface area contributed by atoms with Crippen molar-refractivity contribution in [2.45, 2.75) is 32.4 Å². The van der Waals surface area contributed by atoms with E-state index in [0.29, 0.717) is 16.9 Å². The first kappa shape index (κ1) is 21.2. The van der Waals surface area contributed by atoms with E-state index in [1.54, 1.807) is 30.6 Å². The lowest BCUT2D eigenvalue weighted by Crippen LogP contribution is -2.38. The molecule has 0 saturated carbocycles. The zero-order valence-corrected chi connectivity index (χ0v) is 17.1. The lowest BCUT2D eigenvalue weighted by molar-refractivity contribution is -0.161. The van der Waals surface area contributed by atoms with Gasteiger partial charge in [-0.25, -0.2) is 14.2 Å². The number of esters is 1. The molecule has 3 atom stereocenters. The molecule has 3 aromatic rings. The van der Waals surface area contributed by atoms with Crippen LogP contribution in [0.5, 0.6) is 0 Å². The number of carbonyl (C=O) groups excluding carboxylic acids is 1. The predicted octanol–water partition coefficient (Wildman–Crippen LogP) is 1.70.